The van der Waals surface area contributed by atoms with Crippen molar-refractivity contribution in [3.63, 3.8) is 0 Å². The number of hydrogen-bond donors (Lipinski definition) is 1. The summed E-state index contributed by atoms with van der Waals surface area (Å²) < 4.78 is 40.5. The number of alkyl halides is 3. The molecule has 0 saturated carbocycles. The molecular formula is C9H13F3N4S. The predicted octanol–water partition coefficient (Wildman–Crippen LogP) is 1.87. The predicted molar refractivity (Wildman–Crippen MR) is 59.0 cm³/mol. The molecule has 1 unspecified atom stereocenters. The highest BCUT2D eigenvalue weighted by Gasteiger charge is 2.37. The lowest BCUT2D eigenvalue weighted by Crippen LogP contribution is -2.44. The first kappa shape index (κ1) is 12.6. The van der Waals surface area contributed by atoms with Crippen LogP contribution in [0, 0.1) is 0 Å². The van der Waals surface area contributed by atoms with E-state index in [0.717, 1.165) is 30.8 Å². The number of nitrogens with zero attached hydrogens (tertiary/aromatic N) is 3. The second kappa shape index (κ2) is 4.77. The van der Waals surface area contributed by atoms with Crippen molar-refractivity contribution in [1.82, 2.24) is 9.36 Å². The first-order valence-electron chi connectivity index (χ1n) is 5.40. The Balaban J connectivity index is 2.18. The van der Waals surface area contributed by atoms with E-state index >= 15 is 0 Å². The number of piperidine rings is 1. The molecule has 0 radical (unpaired) electrons. The Morgan fingerprint density at radius 2 is 2.18 bits per heavy atom. The van der Waals surface area contributed by atoms with Gasteiger partial charge in [0.2, 0.25) is 11.0 Å². The summed E-state index contributed by atoms with van der Waals surface area (Å²) in [6, 6.07) is 0.0813. The first-order valence-corrected chi connectivity index (χ1v) is 6.17. The molecule has 0 bridgehead atoms. The fourth-order valence-electron chi connectivity index (χ4n) is 1.94. The van der Waals surface area contributed by atoms with Crippen LogP contribution in [0.3, 0.4) is 0 Å². The van der Waals surface area contributed by atoms with Gasteiger partial charge in [-0.1, -0.05) is 0 Å². The minimum absolute atomic E-state index is 0.0813. The Hall–Kier alpha value is -0.890. The highest BCUT2D eigenvalue weighted by molar-refractivity contribution is 7.09. The Bertz CT molecular complexity index is 379. The van der Waals surface area contributed by atoms with Gasteiger partial charge in [0.25, 0.3) is 0 Å². The molecule has 96 valence electrons. The van der Waals surface area contributed by atoms with E-state index in [1.165, 1.54) is 0 Å². The average Bonchev–Trinajstić information content (AvgIpc) is 2.77. The normalized spacial score (nSPS) is 21.9. The van der Waals surface area contributed by atoms with Crippen molar-refractivity contribution in [2.45, 2.75) is 31.5 Å². The number of aromatic nitrogens is 2. The lowest BCUT2D eigenvalue weighted by atomic mass is 10.0. The number of nitrogens with two attached hydrogens (primary N) is 1. The molecule has 1 aromatic heterocycles. The lowest BCUT2D eigenvalue weighted by Gasteiger charge is -2.34. The molecule has 1 aliphatic rings. The molecule has 1 aromatic rings. The molecular weight excluding hydrogens is 253 g/mol. The van der Waals surface area contributed by atoms with E-state index < -0.39 is 12.0 Å². The zero-order chi connectivity index (χ0) is 12.5. The maximum absolute atomic E-state index is 12.4. The lowest BCUT2D eigenvalue weighted by molar-refractivity contribution is -0.144. The van der Waals surface area contributed by atoms with Crippen molar-refractivity contribution in [2.24, 2.45) is 5.73 Å². The molecule has 1 aliphatic heterocycles. The standard InChI is InChI=1S/C9H13F3N4S/c10-9(11,12)7-14-8(17-15-7)16-4-2-1-3-6(16)5-13/h6H,1-5,13H2. The molecule has 1 fully saturated rings. The SMILES string of the molecule is NCC1CCCCN1c1nc(C(F)(F)F)ns1. The summed E-state index contributed by atoms with van der Waals surface area (Å²) in [6.07, 6.45) is -1.55. The van der Waals surface area contributed by atoms with Gasteiger partial charge in [-0.15, -0.1) is 0 Å². The van der Waals surface area contributed by atoms with Crippen LogP contribution in [0.25, 0.3) is 0 Å². The molecule has 2 N–H and O–H groups in total. The quantitative estimate of drug-likeness (QED) is 0.888. The van der Waals surface area contributed by atoms with Crippen LogP contribution in [0.5, 0.6) is 0 Å². The number of halogens is 3. The van der Waals surface area contributed by atoms with Crippen molar-refractivity contribution in [2.75, 3.05) is 18.0 Å². The van der Waals surface area contributed by atoms with Crippen LogP contribution < -0.4 is 10.6 Å². The van der Waals surface area contributed by atoms with Gasteiger partial charge in [0, 0.05) is 30.7 Å². The van der Waals surface area contributed by atoms with Gasteiger partial charge in [-0.2, -0.15) is 22.5 Å². The van der Waals surface area contributed by atoms with Gasteiger partial charge < -0.3 is 10.6 Å². The largest absolute Gasteiger partial charge is 0.452 e. The molecule has 0 aliphatic carbocycles. The summed E-state index contributed by atoms with van der Waals surface area (Å²) in [5, 5.41) is 0.326. The van der Waals surface area contributed by atoms with Crippen molar-refractivity contribution >= 4 is 16.7 Å². The third-order valence-electron chi connectivity index (χ3n) is 2.81. The molecule has 17 heavy (non-hydrogen) atoms. The van der Waals surface area contributed by atoms with Crippen LogP contribution in [0.1, 0.15) is 25.1 Å². The molecule has 8 heteroatoms. The van der Waals surface area contributed by atoms with Gasteiger partial charge in [-0.3, -0.25) is 0 Å². The molecule has 4 nitrogen and oxygen atoms in total. The van der Waals surface area contributed by atoms with Crippen molar-refractivity contribution in [3.05, 3.63) is 5.82 Å². The minimum atomic E-state index is -4.47. The smallest absolute Gasteiger partial charge is 0.343 e. The summed E-state index contributed by atoms with van der Waals surface area (Å²) >= 11 is 0.791. The summed E-state index contributed by atoms with van der Waals surface area (Å²) in [6.45, 7) is 1.13. The third kappa shape index (κ3) is 2.68. The van der Waals surface area contributed by atoms with Gasteiger partial charge in [-0.25, -0.2) is 0 Å². The average molecular weight is 266 g/mol. The zero-order valence-corrected chi connectivity index (χ0v) is 9.89. The van der Waals surface area contributed by atoms with Crippen molar-refractivity contribution in [1.29, 1.82) is 0 Å². The second-order valence-corrected chi connectivity index (χ2v) is 4.71. The zero-order valence-electron chi connectivity index (χ0n) is 9.07. The van der Waals surface area contributed by atoms with Crippen LogP contribution in [-0.4, -0.2) is 28.5 Å². The molecule has 2 rings (SSSR count). The van der Waals surface area contributed by atoms with E-state index in [1.807, 2.05) is 4.90 Å². The van der Waals surface area contributed by atoms with E-state index in [4.69, 9.17) is 5.73 Å². The van der Waals surface area contributed by atoms with E-state index in [1.54, 1.807) is 0 Å². The third-order valence-corrected chi connectivity index (χ3v) is 3.57. The number of rotatable bonds is 2. The fourth-order valence-corrected chi connectivity index (χ4v) is 2.73. The van der Waals surface area contributed by atoms with Crippen LogP contribution in [0.2, 0.25) is 0 Å². The van der Waals surface area contributed by atoms with Gasteiger partial charge in [0.1, 0.15) is 0 Å². The van der Waals surface area contributed by atoms with Crippen molar-refractivity contribution in [3.8, 4) is 0 Å². The van der Waals surface area contributed by atoms with Crippen LogP contribution in [0.15, 0.2) is 0 Å². The summed E-state index contributed by atoms with van der Waals surface area (Å²) in [5.41, 5.74) is 5.62. The Labute approximate surface area is 101 Å². The minimum Gasteiger partial charge on any atom is -0.343 e. The Morgan fingerprint density at radius 1 is 1.41 bits per heavy atom. The van der Waals surface area contributed by atoms with Gasteiger partial charge in [-0.05, 0) is 19.3 Å². The highest BCUT2D eigenvalue weighted by atomic mass is 32.1. The van der Waals surface area contributed by atoms with Crippen LogP contribution in [-0.2, 0) is 6.18 Å². The van der Waals surface area contributed by atoms with Gasteiger partial charge in [0.15, 0.2) is 0 Å². The molecule has 0 aromatic carbocycles. The van der Waals surface area contributed by atoms with E-state index in [0.29, 0.717) is 18.2 Å². The van der Waals surface area contributed by atoms with E-state index in [9.17, 15) is 13.2 Å². The molecule has 1 saturated heterocycles. The molecule has 2 heterocycles. The summed E-state index contributed by atoms with van der Waals surface area (Å²) in [4.78, 5) is 5.40. The number of hydrogen-bond acceptors (Lipinski definition) is 5. The topological polar surface area (TPSA) is 55.0 Å². The fraction of sp³-hybridized carbons (Fsp3) is 0.778. The summed E-state index contributed by atoms with van der Waals surface area (Å²) in [7, 11) is 0. The molecule has 0 amide bonds. The van der Waals surface area contributed by atoms with Gasteiger partial charge >= 0.3 is 6.18 Å². The maximum Gasteiger partial charge on any atom is 0.452 e. The monoisotopic (exact) mass is 266 g/mol. The Kier molecular flexibility index (Phi) is 3.53. The molecule has 1 atom stereocenters. The number of anilines is 1. The maximum atomic E-state index is 12.4. The summed E-state index contributed by atoms with van der Waals surface area (Å²) in [5.74, 6) is -1.06. The van der Waals surface area contributed by atoms with E-state index in [-0.39, 0.29) is 6.04 Å². The molecule has 0 spiro atoms. The first-order chi connectivity index (χ1) is 8.02. The Morgan fingerprint density at radius 3 is 2.76 bits per heavy atom. The highest BCUT2D eigenvalue weighted by Crippen LogP contribution is 2.32. The second-order valence-electron chi connectivity index (χ2n) is 3.98. The van der Waals surface area contributed by atoms with Crippen LogP contribution in [0.4, 0.5) is 18.3 Å². The van der Waals surface area contributed by atoms with Gasteiger partial charge in [0.05, 0.1) is 0 Å². The van der Waals surface area contributed by atoms with Crippen LogP contribution >= 0.6 is 11.5 Å². The van der Waals surface area contributed by atoms with Crippen molar-refractivity contribution < 1.29 is 13.2 Å². The van der Waals surface area contributed by atoms with E-state index in [2.05, 4.69) is 9.36 Å².